The van der Waals surface area contributed by atoms with E-state index in [-0.39, 0.29) is 31.1 Å². The number of allylic oxidation sites excluding steroid dienone is 10. The van der Waals surface area contributed by atoms with Gasteiger partial charge in [-0.25, -0.2) is 0 Å². The zero-order valence-electron chi connectivity index (χ0n) is 40.9. The Kier molecular flexibility index (Phi) is 48.4. The Balaban J connectivity index is 4.36. The van der Waals surface area contributed by atoms with Crippen LogP contribution in [0.1, 0.15) is 258 Å². The average Bonchev–Trinajstić information content (AvgIpc) is 3.27. The Bertz CT molecular complexity index is 1130. The number of unbranched alkanes of at least 4 members (excludes halogenated alkanes) is 26. The Hall–Kier alpha value is -2.89. The van der Waals surface area contributed by atoms with E-state index in [1.54, 1.807) is 0 Å². The van der Waals surface area contributed by atoms with Crippen LogP contribution in [0.15, 0.2) is 60.8 Å². The van der Waals surface area contributed by atoms with E-state index < -0.39 is 6.10 Å². The average molecular weight is 867 g/mol. The number of ether oxygens (including phenoxy) is 3. The van der Waals surface area contributed by atoms with Crippen molar-refractivity contribution in [2.24, 2.45) is 0 Å². The van der Waals surface area contributed by atoms with Crippen LogP contribution in [0.4, 0.5) is 0 Å². The van der Waals surface area contributed by atoms with E-state index in [9.17, 15) is 14.4 Å². The van der Waals surface area contributed by atoms with Crippen LogP contribution in [0.2, 0.25) is 0 Å². The highest BCUT2D eigenvalue weighted by Crippen LogP contribution is 2.14. The van der Waals surface area contributed by atoms with Crippen LogP contribution in [0.3, 0.4) is 0 Å². The predicted octanol–water partition coefficient (Wildman–Crippen LogP) is 17.3. The number of hydrogen-bond donors (Lipinski definition) is 0. The molecular formula is C56H98O6. The number of hydrogen-bond acceptors (Lipinski definition) is 6. The fourth-order valence-electron chi connectivity index (χ4n) is 7.24. The van der Waals surface area contributed by atoms with Crippen LogP contribution in [0, 0.1) is 0 Å². The molecule has 0 aliphatic rings. The number of esters is 3. The molecule has 6 heteroatoms. The molecule has 6 nitrogen and oxygen atoms in total. The first kappa shape index (κ1) is 59.1. The molecule has 0 rings (SSSR count). The van der Waals surface area contributed by atoms with Gasteiger partial charge in [0.25, 0.3) is 0 Å². The van der Waals surface area contributed by atoms with Crippen molar-refractivity contribution in [3.63, 3.8) is 0 Å². The largest absolute Gasteiger partial charge is 0.462 e. The Labute approximate surface area is 383 Å². The molecule has 0 heterocycles. The molecule has 0 amide bonds. The molecule has 0 radical (unpaired) electrons. The van der Waals surface area contributed by atoms with Gasteiger partial charge >= 0.3 is 17.9 Å². The lowest BCUT2D eigenvalue weighted by Gasteiger charge is -2.18. The molecule has 1 atom stereocenters. The standard InChI is InChI=1S/C56H98O6/c1-4-7-10-13-16-19-21-23-25-27-28-29-31-32-34-37-40-43-46-49-55(58)61-52-53(51-60-54(57)48-45-42-39-36-18-15-12-9-6-3)62-56(59)50-47-44-41-38-35-33-30-26-24-22-20-17-14-11-8-5-2/h16,19-20,22-23,25-26,28-30,53H,4-15,17-18,21,24,27,31-52H2,1-3H3/b19-16-,22-20-,25-23-,29-28-,30-26-. The van der Waals surface area contributed by atoms with Crippen LogP contribution in [-0.2, 0) is 28.6 Å². The van der Waals surface area contributed by atoms with E-state index in [0.29, 0.717) is 19.3 Å². The van der Waals surface area contributed by atoms with E-state index >= 15 is 0 Å². The van der Waals surface area contributed by atoms with Gasteiger partial charge < -0.3 is 14.2 Å². The van der Waals surface area contributed by atoms with Gasteiger partial charge in [-0.1, -0.05) is 210 Å². The molecule has 0 fully saturated rings. The van der Waals surface area contributed by atoms with Gasteiger partial charge in [0.2, 0.25) is 0 Å². The molecule has 0 aromatic rings. The summed E-state index contributed by atoms with van der Waals surface area (Å²) < 4.78 is 16.8. The van der Waals surface area contributed by atoms with Crippen LogP contribution in [-0.4, -0.2) is 37.2 Å². The zero-order chi connectivity index (χ0) is 45.1. The molecular weight excluding hydrogens is 769 g/mol. The molecule has 0 aliphatic heterocycles. The van der Waals surface area contributed by atoms with E-state index in [0.717, 1.165) is 103 Å². The van der Waals surface area contributed by atoms with Gasteiger partial charge in [0.1, 0.15) is 13.2 Å². The Morgan fingerprint density at radius 1 is 0.323 bits per heavy atom. The van der Waals surface area contributed by atoms with Crippen molar-refractivity contribution in [2.75, 3.05) is 13.2 Å². The zero-order valence-corrected chi connectivity index (χ0v) is 40.9. The van der Waals surface area contributed by atoms with Crippen LogP contribution in [0.5, 0.6) is 0 Å². The summed E-state index contributed by atoms with van der Waals surface area (Å²) in [7, 11) is 0. The SMILES string of the molecule is CCCCC/C=C\C/C=C\C/C=C\CCCCCCCCC(=O)OCC(COC(=O)CCCCCCCCCCC)OC(=O)CCCCCCC/C=C\C/C=C\CCCCCC. The highest BCUT2D eigenvalue weighted by Gasteiger charge is 2.19. The summed E-state index contributed by atoms with van der Waals surface area (Å²) in [5.74, 6) is -0.908. The highest BCUT2D eigenvalue weighted by atomic mass is 16.6. The van der Waals surface area contributed by atoms with Crippen molar-refractivity contribution in [2.45, 2.75) is 264 Å². The molecule has 1 unspecified atom stereocenters. The van der Waals surface area contributed by atoms with Gasteiger partial charge in [-0.15, -0.1) is 0 Å². The number of carbonyl (C=O) groups is 3. The first-order chi connectivity index (χ1) is 30.5. The summed E-state index contributed by atoms with van der Waals surface area (Å²) >= 11 is 0. The number of carbonyl (C=O) groups excluding carboxylic acids is 3. The van der Waals surface area contributed by atoms with Crippen molar-refractivity contribution < 1.29 is 28.6 Å². The predicted molar refractivity (Wildman–Crippen MR) is 265 cm³/mol. The molecule has 0 aromatic heterocycles. The summed E-state index contributed by atoms with van der Waals surface area (Å²) in [5, 5.41) is 0. The fraction of sp³-hybridized carbons (Fsp3) is 0.768. The fourth-order valence-corrected chi connectivity index (χ4v) is 7.24. The maximum absolute atomic E-state index is 12.8. The van der Waals surface area contributed by atoms with Crippen LogP contribution < -0.4 is 0 Å². The van der Waals surface area contributed by atoms with E-state index in [1.807, 2.05) is 0 Å². The highest BCUT2D eigenvalue weighted by molar-refractivity contribution is 5.71. The maximum atomic E-state index is 12.8. The minimum absolute atomic E-state index is 0.0830. The van der Waals surface area contributed by atoms with Crippen molar-refractivity contribution in [3.05, 3.63) is 60.8 Å². The van der Waals surface area contributed by atoms with Gasteiger partial charge in [-0.05, 0) is 89.9 Å². The molecule has 358 valence electrons. The molecule has 0 N–H and O–H groups in total. The maximum Gasteiger partial charge on any atom is 0.306 e. The quantitative estimate of drug-likeness (QED) is 0.0262. The van der Waals surface area contributed by atoms with Crippen molar-refractivity contribution >= 4 is 17.9 Å². The lowest BCUT2D eigenvalue weighted by molar-refractivity contribution is -0.167. The van der Waals surface area contributed by atoms with Crippen molar-refractivity contribution in [1.29, 1.82) is 0 Å². The number of rotatable bonds is 47. The van der Waals surface area contributed by atoms with Gasteiger partial charge in [0.15, 0.2) is 6.10 Å². The third kappa shape index (κ3) is 48.1. The molecule has 0 saturated carbocycles. The second kappa shape index (κ2) is 50.8. The molecule has 62 heavy (non-hydrogen) atoms. The summed E-state index contributed by atoms with van der Waals surface area (Å²) in [6.45, 7) is 6.56. The molecule has 0 bridgehead atoms. The topological polar surface area (TPSA) is 78.9 Å². The third-order valence-electron chi connectivity index (χ3n) is 11.2. The molecule has 0 spiro atoms. The minimum Gasteiger partial charge on any atom is -0.462 e. The second-order valence-corrected chi connectivity index (χ2v) is 17.4. The van der Waals surface area contributed by atoms with Gasteiger partial charge in [-0.2, -0.15) is 0 Å². The lowest BCUT2D eigenvalue weighted by atomic mass is 10.1. The van der Waals surface area contributed by atoms with E-state index in [4.69, 9.17) is 14.2 Å². The minimum atomic E-state index is -0.784. The summed E-state index contributed by atoms with van der Waals surface area (Å²) in [6.07, 6.45) is 62.0. The normalized spacial score (nSPS) is 12.5. The van der Waals surface area contributed by atoms with E-state index in [2.05, 4.69) is 81.5 Å². The van der Waals surface area contributed by atoms with E-state index in [1.165, 1.54) is 116 Å². The summed E-state index contributed by atoms with van der Waals surface area (Å²) in [4.78, 5) is 37.9. The first-order valence-electron chi connectivity index (χ1n) is 26.3. The van der Waals surface area contributed by atoms with Crippen molar-refractivity contribution in [1.82, 2.24) is 0 Å². The first-order valence-corrected chi connectivity index (χ1v) is 26.3. The van der Waals surface area contributed by atoms with Crippen LogP contribution >= 0.6 is 0 Å². The molecule has 0 aromatic carbocycles. The monoisotopic (exact) mass is 867 g/mol. The lowest BCUT2D eigenvalue weighted by Crippen LogP contribution is -2.30. The Morgan fingerprint density at radius 3 is 0.952 bits per heavy atom. The second-order valence-electron chi connectivity index (χ2n) is 17.4. The van der Waals surface area contributed by atoms with Crippen LogP contribution in [0.25, 0.3) is 0 Å². The Morgan fingerprint density at radius 2 is 0.581 bits per heavy atom. The summed E-state index contributed by atoms with van der Waals surface area (Å²) in [5.41, 5.74) is 0. The summed E-state index contributed by atoms with van der Waals surface area (Å²) in [6, 6.07) is 0. The van der Waals surface area contributed by atoms with Gasteiger partial charge in [0, 0.05) is 19.3 Å². The molecule has 0 saturated heterocycles. The molecule has 0 aliphatic carbocycles. The van der Waals surface area contributed by atoms with Crippen molar-refractivity contribution in [3.8, 4) is 0 Å². The van der Waals surface area contributed by atoms with Gasteiger partial charge in [-0.3, -0.25) is 14.4 Å². The van der Waals surface area contributed by atoms with Gasteiger partial charge in [0.05, 0.1) is 0 Å². The third-order valence-corrected chi connectivity index (χ3v) is 11.2. The smallest absolute Gasteiger partial charge is 0.306 e.